The predicted molar refractivity (Wildman–Crippen MR) is 133 cm³/mol. The van der Waals surface area contributed by atoms with Crippen molar-refractivity contribution in [2.24, 2.45) is 5.73 Å². The zero-order valence-electron chi connectivity index (χ0n) is 19.2. The maximum absolute atomic E-state index is 13.4. The van der Waals surface area contributed by atoms with Gasteiger partial charge in [-0.2, -0.15) is 5.10 Å². The van der Waals surface area contributed by atoms with Crippen molar-refractivity contribution in [2.45, 2.75) is 38.9 Å². The van der Waals surface area contributed by atoms with Crippen molar-refractivity contribution in [1.82, 2.24) is 19.3 Å². The highest BCUT2D eigenvalue weighted by molar-refractivity contribution is 7.85. The number of hydrogen-bond acceptors (Lipinski definition) is 7. The second-order valence-corrected chi connectivity index (χ2v) is 9.29. The Morgan fingerprint density at radius 3 is 2.94 bits per heavy atom. The average molecular weight is 482 g/mol. The number of nitrogens with two attached hydrogens (primary N) is 1. The molecular weight excluding hydrogens is 454 g/mol. The fourth-order valence-corrected chi connectivity index (χ4v) is 4.54. The van der Waals surface area contributed by atoms with Gasteiger partial charge in [0.15, 0.2) is 5.78 Å². The van der Waals surface area contributed by atoms with Crippen LogP contribution in [-0.2, 0) is 24.1 Å². The number of rotatable bonds is 7. The molecule has 2 aromatic heterocycles. The number of benzene rings is 1. The van der Waals surface area contributed by atoms with E-state index in [0.717, 1.165) is 24.1 Å². The fraction of sp³-hybridized carbons (Fsp3) is 0.391. The highest BCUT2D eigenvalue weighted by atomic mass is 32.2. The number of hydrogen-bond donors (Lipinski definition) is 2. The lowest BCUT2D eigenvalue weighted by Crippen LogP contribution is -2.44. The summed E-state index contributed by atoms with van der Waals surface area (Å²) in [5, 5.41) is 4.20. The normalized spacial score (nSPS) is 16.7. The minimum absolute atomic E-state index is 0.0436. The molecule has 4 rings (SSSR count). The van der Waals surface area contributed by atoms with Crippen molar-refractivity contribution in [3.05, 3.63) is 46.4 Å². The zero-order chi connectivity index (χ0) is 24.2. The number of aromatic nitrogens is 4. The molecule has 1 aliphatic heterocycles. The molecule has 1 aliphatic rings. The van der Waals surface area contributed by atoms with Gasteiger partial charge in [0.25, 0.3) is 5.56 Å². The SMILES string of the molecule is CC#CCn1c(N2CCCC(N)C2)nc2cnn(CC(=O)c3cccc(NS(C)=O)c3)c(=O)c21. The number of imidazole rings is 1. The number of Topliss-reactive ketones (excluding diaryl/α,β-unsaturated/α-hetero) is 1. The third-order valence-electron chi connectivity index (χ3n) is 5.62. The molecule has 2 unspecified atom stereocenters. The molecule has 11 heteroatoms. The molecule has 1 aromatic carbocycles. The Morgan fingerprint density at radius 2 is 2.21 bits per heavy atom. The van der Waals surface area contributed by atoms with E-state index in [0.29, 0.717) is 41.3 Å². The maximum atomic E-state index is 13.4. The van der Waals surface area contributed by atoms with Crippen molar-refractivity contribution in [3.63, 3.8) is 0 Å². The van der Waals surface area contributed by atoms with E-state index in [-0.39, 0.29) is 18.4 Å². The average Bonchev–Trinajstić information content (AvgIpc) is 3.18. The lowest BCUT2D eigenvalue weighted by Gasteiger charge is -2.31. The van der Waals surface area contributed by atoms with E-state index in [9.17, 15) is 13.8 Å². The summed E-state index contributed by atoms with van der Waals surface area (Å²) in [7, 11) is -1.26. The molecule has 0 bridgehead atoms. The van der Waals surface area contributed by atoms with Gasteiger partial charge in [0.05, 0.1) is 12.7 Å². The second-order valence-electron chi connectivity index (χ2n) is 8.17. The summed E-state index contributed by atoms with van der Waals surface area (Å²) in [5.74, 6) is 6.23. The van der Waals surface area contributed by atoms with Crippen molar-refractivity contribution in [3.8, 4) is 11.8 Å². The minimum atomic E-state index is -1.26. The molecule has 0 radical (unpaired) electrons. The van der Waals surface area contributed by atoms with Gasteiger partial charge in [0.1, 0.15) is 28.6 Å². The first kappa shape index (κ1) is 23.7. The Hall–Kier alpha value is -3.49. The molecule has 0 aliphatic carbocycles. The molecule has 0 spiro atoms. The summed E-state index contributed by atoms with van der Waals surface area (Å²) < 4.78 is 17.1. The van der Waals surface area contributed by atoms with Crippen LogP contribution in [0.1, 0.15) is 30.1 Å². The van der Waals surface area contributed by atoms with Crippen LogP contribution in [0.5, 0.6) is 0 Å². The fourth-order valence-electron chi connectivity index (χ4n) is 4.08. The van der Waals surface area contributed by atoms with Crippen LogP contribution in [0.15, 0.2) is 35.3 Å². The van der Waals surface area contributed by atoms with Gasteiger partial charge in [-0.05, 0) is 31.9 Å². The number of fused-ring (bicyclic) bond motifs is 1. The van der Waals surface area contributed by atoms with Gasteiger partial charge in [0, 0.05) is 36.6 Å². The van der Waals surface area contributed by atoms with E-state index in [1.165, 1.54) is 12.5 Å². The number of ketones is 1. The summed E-state index contributed by atoms with van der Waals surface area (Å²) in [5.41, 5.74) is 7.51. The van der Waals surface area contributed by atoms with Crippen LogP contribution in [-0.4, -0.2) is 54.7 Å². The Kier molecular flexibility index (Phi) is 7.09. The summed E-state index contributed by atoms with van der Waals surface area (Å²) in [4.78, 5) is 33.1. The van der Waals surface area contributed by atoms with Crippen LogP contribution >= 0.6 is 0 Å². The molecule has 1 fully saturated rings. The number of piperidine rings is 1. The molecule has 2 atom stereocenters. The molecule has 10 nitrogen and oxygen atoms in total. The van der Waals surface area contributed by atoms with Gasteiger partial charge in [0.2, 0.25) is 5.95 Å². The first-order valence-electron chi connectivity index (χ1n) is 11.0. The third-order valence-corrected chi connectivity index (χ3v) is 6.15. The summed E-state index contributed by atoms with van der Waals surface area (Å²) >= 11 is 0. The zero-order valence-corrected chi connectivity index (χ0v) is 20.0. The first-order valence-corrected chi connectivity index (χ1v) is 12.5. The van der Waals surface area contributed by atoms with Crippen molar-refractivity contribution >= 4 is 39.4 Å². The maximum Gasteiger partial charge on any atom is 0.293 e. The topological polar surface area (TPSA) is 128 Å². The van der Waals surface area contributed by atoms with Gasteiger partial charge in [-0.3, -0.25) is 14.2 Å². The molecule has 0 amide bonds. The van der Waals surface area contributed by atoms with E-state index >= 15 is 0 Å². The molecule has 0 saturated carbocycles. The van der Waals surface area contributed by atoms with Crippen molar-refractivity contribution in [2.75, 3.05) is 29.0 Å². The highest BCUT2D eigenvalue weighted by Gasteiger charge is 2.24. The summed E-state index contributed by atoms with van der Waals surface area (Å²) in [6.45, 7) is 3.25. The standard InChI is InChI=1S/C23H27N7O3S/c1-3-4-11-29-21-19(26-23(29)28-10-6-8-17(24)14-28)13-25-30(22(21)32)15-20(31)16-7-5-9-18(12-16)27-34(2)33/h5,7,9,12-13,17,27H,6,8,10-11,14-15,24H2,1-2H3. The monoisotopic (exact) mass is 481 g/mol. The molecule has 3 N–H and O–H groups in total. The number of carbonyl (C=O) groups excluding carboxylic acids is 1. The Labute approximate surface area is 199 Å². The van der Waals surface area contributed by atoms with E-state index < -0.39 is 16.5 Å². The molecule has 34 heavy (non-hydrogen) atoms. The van der Waals surface area contributed by atoms with Gasteiger partial charge in [-0.15, -0.1) is 5.92 Å². The second kappa shape index (κ2) is 10.2. The van der Waals surface area contributed by atoms with Gasteiger partial charge < -0.3 is 15.4 Å². The van der Waals surface area contributed by atoms with Crippen LogP contribution in [0.25, 0.3) is 11.0 Å². The Bertz CT molecular complexity index is 1370. The van der Waals surface area contributed by atoms with Gasteiger partial charge in [-0.1, -0.05) is 18.1 Å². The smallest absolute Gasteiger partial charge is 0.293 e. The Morgan fingerprint density at radius 1 is 1.38 bits per heavy atom. The van der Waals surface area contributed by atoms with Gasteiger partial charge in [-0.25, -0.2) is 13.9 Å². The molecule has 178 valence electrons. The minimum Gasteiger partial charge on any atom is -0.341 e. The van der Waals surface area contributed by atoms with Gasteiger partial charge >= 0.3 is 0 Å². The van der Waals surface area contributed by atoms with Crippen LogP contribution in [0.2, 0.25) is 0 Å². The molecular formula is C23H27N7O3S. The van der Waals surface area contributed by atoms with Crippen LogP contribution in [0.4, 0.5) is 11.6 Å². The third kappa shape index (κ3) is 5.03. The van der Waals surface area contributed by atoms with E-state index in [1.807, 2.05) is 0 Å². The summed E-state index contributed by atoms with van der Waals surface area (Å²) in [6, 6.07) is 6.70. The van der Waals surface area contributed by atoms with E-state index in [1.54, 1.807) is 35.8 Å². The van der Waals surface area contributed by atoms with Crippen molar-refractivity contribution < 1.29 is 9.00 Å². The number of carbonyl (C=O) groups is 1. The number of anilines is 2. The molecule has 3 aromatic rings. The predicted octanol–water partition coefficient (Wildman–Crippen LogP) is 1.13. The van der Waals surface area contributed by atoms with E-state index in [2.05, 4.69) is 31.5 Å². The Balaban J connectivity index is 1.70. The number of nitrogens with one attached hydrogen (secondary N) is 1. The molecule has 1 saturated heterocycles. The van der Waals surface area contributed by atoms with E-state index in [4.69, 9.17) is 5.73 Å². The lowest BCUT2D eigenvalue weighted by atomic mass is 10.1. The largest absolute Gasteiger partial charge is 0.341 e. The number of nitrogens with zero attached hydrogens (tertiary/aromatic N) is 5. The lowest BCUT2D eigenvalue weighted by molar-refractivity contribution is 0.0966. The highest BCUT2D eigenvalue weighted by Crippen LogP contribution is 2.23. The van der Waals surface area contributed by atoms with Crippen LogP contribution in [0, 0.1) is 11.8 Å². The first-order chi connectivity index (χ1) is 16.4. The quantitative estimate of drug-likeness (QED) is 0.382. The van der Waals surface area contributed by atoms with Crippen LogP contribution < -0.4 is 20.9 Å². The molecule has 3 heterocycles. The van der Waals surface area contributed by atoms with Crippen LogP contribution in [0.3, 0.4) is 0 Å². The van der Waals surface area contributed by atoms with Crippen molar-refractivity contribution in [1.29, 1.82) is 0 Å². The summed E-state index contributed by atoms with van der Waals surface area (Å²) in [6.07, 6.45) is 4.91.